The third kappa shape index (κ3) is 17.8. The summed E-state index contributed by atoms with van der Waals surface area (Å²) in [6.07, 6.45) is 1.25. The molecule has 1 heteroatoms. The van der Waals surface area contributed by atoms with Gasteiger partial charge in [0.1, 0.15) is 0 Å². The van der Waals surface area contributed by atoms with Gasteiger partial charge in [-0.2, -0.15) is 0 Å². The fourth-order valence-corrected chi connectivity index (χ4v) is 0. The zero-order valence-corrected chi connectivity index (χ0v) is 4.80. The molecule has 0 unspecified atom stereocenters. The van der Waals surface area contributed by atoms with Gasteiger partial charge in [0.2, 0.25) is 0 Å². The van der Waals surface area contributed by atoms with Crippen molar-refractivity contribution in [1.82, 2.24) is 0 Å². The van der Waals surface area contributed by atoms with Crippen molar-refractivity contribution in [2.24, 2.45) is 0 Å². The quantitative estimate of drug-likeness (QED) is 0.452. The second kappa shape index (κ2) is 9.46. The van der Waals surface area contributed by atoms with E-state index in [1.54, 1.807) is 0 Å². The van der Waals surface area contributed by atoms with Gasteiger partial charge in [-0.25, -0.2) is 0 Å². The van der Waals surface area contributed by atoms with Gasteiger partial charge in [0.25, 0.3) is 0 Å². The average molecular weight is 145 g/mol. The van der Waals surface area contributed by atoms with Crippen LogP contribution in [0.3, 0.4) is 0 Å². The Labute approximate surface area is 40.4 Å². The van der Waals surface area contributed by atoms with Crippen molar-refractivity contribution >= 4 is 0 Å². The smallest absolute Gasteiger partial charge is 0 e. The Morgan fingerprint density at radius 1 is 1.25 bits per heavy atom. The Morgan fingerprint density at radius 2 is 1.25 bits per heavy atom. The summed E-state index contributed by atoms with van der Waals surface area (Å²) in [5, 5.41) is 0. The summed E-state index contributed by atoms with van der Waals surface area (Å²) >= 11 is 0. The van der Waals surface area contributed by atoms with E-state index in [-0.39, 0.29) is 19.5 Å². The van der Waals surface area contributed by atoms with Crippen LogP contribution in [-0.2, 0) is 19.5 Å². The second-order valence-electron chi connectivity index (χ2n) is 0.707. The van der Waals surface area contributed by atoms with Crippen molar-refractivity contribution in [2.75, 3.05) is 0 Å². The molecule has 0 spiro atoms. The minimum atomic E-state index is 0. The van der Waals surface area contributed by atoms with Crippen molar-refractivity contribution in [3.05, 3.63) is 0 Å². The summed E-state index contributed by atoms with van der Waals surface area (Å²) in [6, 6.07) is 0. The van der Waals surface area contributed by atoms with Crippen LogP contribution in [0.5, 0.6) is 0 Å². The monoisotopic (exact) mass is 146 g/mol. The van der Waals surface area contributed by atoms with Gasteiger partial charge >= 0.3 is 0 Å². The van der Waals surface area contributed by atoms with Crippen LogP contribution >= 0.6 is 0 Å². The molecule has 0 heterocycles. The first-order chi connectivity index (χ1) is 1.41. The van der Waals surface area contributed by atoms with E-state index in [0.717, 1.165) is 0 Å². The van der Waals surface area contributed by atoms with Gasteiger partial charge in [-0.1, -0.05) is 20.3 Å². The van der Waals surface area contributed by atoms with Crippen LogP contribution in [0.15, 0.2) is 0 Å². The van der Waals surface area contributed by atoms with Gasteiger partial charge in [0.15, 0.2) is 0 Å². The van der Waals surface area contributed by atoms with E-state index in [9.17, 15) is 0 Å². The fourth-order valence-electron chi connectivity index (χ4n) is 0. The average Bonchev–Trinajstić information content (AvgIpc) is 0.918. The molecule has 0 aliphatic heterocycles. The van der Waals surface area contributed by atoms with Gasteiger partial charge in [0, 0.05) is 19.5 Å². The van der Waals surface area contributed by atoms with Crippen LogP contribution < -0.4 is 0 Å². The molecule has 0 nitrogen and oxygen atoms in total. The molecule has 0 radical (unpaired) electrons. The largest absolute Gasteiger partial charge is 0.0656 e. The van der Waals surface area contributed by atoms with Crippen molar-refractivity contribution < 1.29 is 19.5 Å². The second-order valence-corrected chi connectivity index (χ2v) is 0.707. The van der Waals surface area contributed by atoms with E-state index in [1.807, 2.05) is 0 Å². The van der Waals surface area contributed by atoms with Crippen molar-refractivity contribution in [2.45, 2.75) is 20.3 Å². The number of hydrogen-bond acceptors (Lipinski definition) is 0. The summed E-state index contributed by atoms with van der Waals surface area (Å²) in [7, 11) is 0. The maximum Gasteiger partial charge on any atom is 0 e. The normalized spacial score (nSPS) is 4.50. The predicted molar refractivity (Wildman–Crippen MR) is 16.0 cm³/mol. The topological polar surface area (TPSA) is 0 Å². The maximum atomic E-state index is 2.12. The first-order valence-corrected chi connectivity index (χ1v) is 1.41. The zero-order chi connectivity index (χ0) is 2.71. The Kier molecular flexibility index (Phi) is 20.9. The van der Waals surface area contributed by atoms with Crippen molar-refractivity contribution in [1.29, 1.82) is 0 Å². The Bertz CT molecular complexity index is 3.25. The van der Waals surface area contributed by atoms with Crippen LogP contribution in [0.1, 0.15) is 20.3 Å². The third-order valence-corrected chi connectivity index (χ3v) is 0. The van der Waals surface area contributed by atoms with Gasteiger partial charge in [-0.3, -0.25) is 0 Å². The van der Waals surface area contributed by atoms with Crippen LogP contribution in [0, 0.1) is 0 Å². The molecule has 0 aromatic rings. The predicted octanol–water partition coefficient (Wildman–Crippen LogP) is 1.41. The van der Waals surface area contributed by atoms with Gasteiger partial charge in [0.05, 0.1) is 0 Å². The summed E-state index contributed by atoms with van der Waals surface area (Å²) in [5.74, 6) is 0. The SMILES string of the molecule is CCC.[Ru]. The minimum Gasteiger partial charge on any atom is -0.0656 e. The maximum absolute atomic E-state index is 2.12. The molecular weight excluding hydrogens is 137 g/mol. The Balaban J connectivity index is 0. The van der Waals surface area contributed by atoms with E-state index in [1.165, 1.54) is 6.42 Å². The molecule has 0 amide bonds. The molecule has 0 rings (SSSR count). The third-order valence-electron chi connectivity index (χ3n) is 0. The minimum absolute atomic E-state index is 0. The van der Waals surface area contributed by atoms with Gasteiger partial charge in [-0.15, -0.1) is 0 Å². The first-order valence-electron chi connectivity index (χ1n) is 1.41. The van der Waals surface area contributed by atoms with E-state index in [2.05, 4.69) is 13.8 Å². The Morgan fingerprint density at radius 3 is 1.25 bits per heavy atom. The molecule has 0 saturated carbocycles. The van der Waals surface area contributed by atoms with E-state index >= 15 is 0 Å². The van der Waals surface area contributed by atoms with Crippen molar-refractivity contribution in [3.8, 4) is 0 Å². The fraction of sp³-hybridized carbons (Fsp3) is 1.00. The molecule has 0 bridgehead atoms. The van der Waals surface area contributed by atoms with Crippen LogP contribution in [0.4, 0.5) is 0 Å². The number of hydrogen-bond donors (Lipinski definition) is 0. The molecular formula is C3H8Ru. The summed E-state index contributed by atoms with van der Waals surface area (Å²) < 4.78 is 0. The zero-order valence-electron chi connectivity index (χ0n) is 3.06. The molecule has 0 atom stereocenters. The van der Waals surface area contributed by atoms with Gasteiger partial charge < -0.3 is 0 Å². The standard InChI is InChI=1S/C3H8.Ru/c1-3-2;/h3H2,1-2H3;. The molecule has 0 fully saturated rings. The van der Waals surface area contributed by atoms with E-state index in [0.29, 0.717) is 0 Å². The molecule has 0 aromatic heterocycles. The van der Waals surface area contributed by atoms with E-state index in [4.69, 9.17) is 0 Å². The molecule has 0 aliphatic carbocycles. The summed E-state index contributed by atoms with van der Waals surface area (Å²) in [5.41, 5.74) is 0. The molecule has 28 valence electrons. The van der Waals surface area contributed by atoms with Crippen LogP contribution in [-0.4, -0.2) is 0 Å². The molecule has 0 N–H and O–H groups in total. The summed E-state index contributed by atoms with van der Waals surface area (Å²) in [4.78, 5) is 0. The van der Waals surface area contributed by atoms with Crippen LogP contribution in [0.2, 0.25) is 0 Å². The molecule has 0 aromatic carbocycles. The molecule has 0 aliphatic rings. The molecule has 0 saturated heterocycles. The van der Waals surface area contributed by atoms with Crippen LogP contribution in [0.25, 0.3) is 0 Å². The van der Waals surface area contributed by atoms with E-state index < -0.39 is 0 Å². The van der Waals surface area contributed by atoms with Crippen molar-refractivity contribution in [3.63, 3.8) is 0 Å². The number of rotatable bonds is 0. The first kappa shape index (κ1) is 8.82. The Hall–Kier alpha value is 0.623. The molecule has 4 heavy (non-hydrogen) atoms. The van der Waals surface area contributed by atoms with Gasteiger partial charge in [-0.05, 0) is 0 Å². The summed E-state index contributed by atoms with van der Waals surface area (Å²) in [6.45, 7) is 4.25.